The number of aromatic nitrogens is 1. The molecule has 0 saturated carbocycles. The number of pyridine rings is 1. The molecule has 0 radical (unpaired) electrons. The lowest BCUT2D eigenvalue weighted by molar-refractivity contribution is 0.0184. The van der Waals surface area contributed by atoms with Gasteiger partial charge in [-0.05, 0) is 69.8 Å². The molecule has 0 unspecified atom stereocenters. The van der Waals surface area contributed by atoms with Crippen LogP contribution in [0.25, 0.3) is 10.9 Å². The largest absolute Gasteiger partial charge is 0.444 e. The van der Waals surface area contributed by atoms with E-state index >= 15 is 0 Å². The molecule has 1 N–H and O–H groups in total. The number of fused-ring (bicyclic) bond motifs is 1. The fraction of sp³-hybridized carbons (Fsp3) is 0.524. The van der Waals surface area contributed by atoms with E-state index in [2.05, 4.69) is 10.3 Å². The Kier molecular flexibility index (Phi) is 6.22. The zero-order valence-electron chi connectivity index (χ0n) is 16.3. The van der Waals surface area contributed by atoms with Crippen LogP contribution in [0.4, 0.5) is 4.79 Å². The van der Waals surface area contributed by atoms with Gasteiger partial charge in [0, 0.05) is 36.2 Å². The third kappa shape index (κ3) is 5.33. The first-order chi connectivity index (χ1) is 12.8. The lowest BCUT2D eigenvalue weighted by Gasteiger charge is -2.33. The van der Waals surface area contributed by atoms with Gasteiger partial charge in [-0.25, -0.2) is 4.79 Å². The van der Waals surface area contributed by atoms with E-state index in [0.29, 0.717) is 5.92 Å². The first-order valence-electron chi connectivity index (χ1n) is 9.54. The number of hydrogen-bond donors (Lipinski definition) is 1. The predicted molar refractivity (Wildman–Crippen MR) is 109 cm³/mol. The number of rotatable bonds is 4. The normalized spacial score (nSPS) is 15.9. The molecule has 1 aromatic carbocycles. The Hall–Kier alpha value is -1.85. The number of nitrogens with one attached hydrogen (secondary N) is 1. The van der Waals surface area contributed by atoms with Crippen LogP contribution in [-0.2, 0) is 11.3 Å². The maximum absolute atomic E-state index is 12.1. The minimum Gasteiger partial charge on any atom is -0.444 e. The van der Waals surface area contributed by atoms with Gasteiger partial charge in [0.15, 0.2) is 0 Å². The molecule has 2 aromatic rings. The van der Waals surface area contributed by atoms with Gasteiger partial charge in [-0.15, -0.1) is 0 Å². The van der Waals surface area contributed by atoms with Gasteiger partial charge in [-0.3, -0.25) is 4.98 Å². The van der Waals surface area contributed by atoms with Crippen molar-refractivity contribution in [3.8, 4) is 0 Å². The van der Waals surface area contributed by atoms with Gasteiger partial charge in [-0.1, -0.05) is 17.7 Å². The van der Waals surface area contributed by atoms with Gasteiger partial charge in [0.25, 0.3) is 0 Å². The van der Waals surface area contributed by atoms with Crippen molar-refractivity contribution in [2.45, 2.75) is 45.8 Å². The zero-order valence-corrected chi connectivity index (χ0v) is 17.1. The molecule has 27 heavy (non-hydrogen) atoms. The van der Waals surface area contributed by atoms with Gasteiger partial charge in [0.05, 0.1) is 5.52 Å². The Balaban J connectivity index is 1.48. The maximum Gasteiger partial charge on any atom is 0.410 e. The lowest BCUT2D eigenvalue weighted by atomic mass is 9.97. The Morgan fingerprint density at radius 2 is 2.04 bits per heavy atom. The van der Waals surface area contributed by atoms with Crippen molar-refractivity contribution >= 4 is 28.6 Å². The highest BCUT2D eigenvalue weighted by molar-refractivity contribution is 6.35. The predicted octanol–water partition coefficient (Wildman–Crippen LogP) is 4.62. The highest BCUT2D eigenvalue weighted by Crippen LogP contribution is 2.25. The van der Waals surface area contributed by atoms with Crippen molar-refractivity contribution < 1.29 is 9.53 Å². The van der Waals surface area contributed by atoms with Crippen LogP contribution in [0.1, 0.15) is 39.2 Å². The summed E-state index contributed by atoms with van der Waals surface area (Å²) in [6.07, 6.45) is 3.58. The molecule has 0 bridgehead atoms. The van der Waals surface area contributed by atoms with Crippen LogP contribution < -0.4 is 5.32 Å². The number of likely N-dealkylation sites (tertiary alicyclic amines) is 1. The van der Waals surface area contributed by atoms with E-state index in [-0.39, 0.29) is 6.09 Å². The van der Waals surface area contributed by atoms with Crippen molar-refractivity contribution in [3.05, 3.63) is 41.0 Å². The van der Waals surface area contributed by atoms with Crippen molar-refractivity contribution in [2.24, 2.45) is 5.92 Å². The summed E-state index contributed by atoms with van der Waals surface area (Å²) in [5.74, 6) is 0.565. The number of ether oxygens (including phenoxy) is 1. The van der Waals surface area contributed by atoms with Crippen molar-refractivity contribution in [1.82, 2.24) is 15.2 Å². The molecule has 5 nitrogen and oxygen atoms in total. The van der Waals surface area contributed by atoms with Crippen LogP contribution in [0.5, 0.6) is 0 Å². The van der Waals surface area contributed by atoms with Crippen LogP contribution in [0.15, 0.2) is 30.5 Å². The van der Waals surface area contributed by atoms with Gasteiger partial charge >= 0.3 is 6.09 Å². The minimum absolute atomic E-state index is 0.201. The Morgan fingerprint density at radius 1 is 1.30 bits per heavy atom. The van der Waals surface area contributed by atoms with Gasteiger partial charge in [-0.2, -0.15) is 0 Å². The first-order valence-corrected chi connectivity index (χ1v) is 9.92. The van der Waals surface area contributed by atoms with Crippen molar-refractivity contribution in [2.75, 3.05) is 19.6 Å². The number of carbonyl (C=O) groups excluding carboxylic acids is 1. The average Bonchev–Trinajstić information content (AvgIpc) is 2.63. The summed E-state index contributed by atoms with van der Waals surface area (Å²) in [6, 6.07) is 7.88. The fourth-order valence-electron chi connectivity index (χ4n) is 3.40. The number of piperidine rings is 1. The SMILES string of the molecule is CC(C)(C)OC(=O)N1CCC(CNCc2ccc(Cl)c3cccnc23)CC1. The zero-order chi connectivity index (χ0) is 19.4. The molecule has 1 aromatic heterocycles. The molecule has 0 atom stereocenters. The van der Waals surface area contributed by atoms with Crippen LogP contribution in [0, 0.1) is 5.92 Å². The molecule has 146 valence electrons. The third-order valence-electron chi connectivity index (χ3n) is 4.81. The second-order valence-electron chi connectivity index (χ2n) is 8.15. The van der Waals surface area contributed by atoms with Crippen molar-refractivity contribution in [3.63, 3.8) is 0 Å². The molecule has 0 spiro atoms. The van der Waals surface area contributed by atoms with Gasteiger partial charge < -0.3 is 15.0 Å². The molecule has 1 aliphatic rings. The molecule has 2 heterocycles. The molecule has 0 aliphatic carbocycles. The monoisotopic (exact) mass is 389 g/mol. The molecule has 1 fully saturated rings. The summed E-state index contributed by atoms with van der Waals surface area (Å²) in [4.78, 5) is 18.4. The quantitative estimate of drug-likeness (QED) is 0.828. The van der Waals surface area contributed by atoms with Crippen molar-refractivity contribution in [1.29, 1.82) is 0 Å². The lowest BCUT2D eigenvalue weighted by Crippen LogP contribution is -2.43. The summed E-state index contributed by atoms with van der Waals surface area (Å²) in [5.41, 5.74) is 1.67. The average molecular weight is 390 g/mol. The summed E-state index contributed by atoms with van der Waals surface area (Å²) in [6.45, 7) is 8.90. The third-order valence-corrected chi connectivity index (χ3v) is 5.14. The van der Waals surface area contributed by atoms with Gasteiger partial charge in [0.2, 0.25) is 0 Å². The highest BCUT2D eigenvalue weighted by Gasteiger charge is 2.26. The Labute approximate surface area is 166 Å². The van der Waals surface area contributed by atoms with Crippen LogP contribution in [0.2, 0.25) is 5.02 Å². The number of nitrogens with zero attached hydrogens (tertiary/aromatic N) is 2. The number of amides is 1. The van der Waals surface area contributed by atoms with E-state index in [9.17, 15) is 4.79 Å². The molecular formula is C21H28ClN3O2. The molecule has 1 saturated heterocycles. The topological polar surface area (TPSA) is 54.5 Å². The Morgan fingerprint density at radius 3 is 2.74 bits per heavy atom. The minimum atomic E-state index is -0.440. The van der Waals surface area contributed by atoms with E-state index < -0.39 is 5.60 Å². The number of halogens is 1. The van der Waals surface area contributed by atoms with E-state index in [0.717, 1.165) is 60.5 Å². The van der Waals surface area contributed by atoms with E-state index in [1.807, 2.05) is 49.9 Å². The number of carbonyl (C=O) groups is 1. The van der Waals surface area contributed by atoms with E-state index in [4.69, 9.17) is 16.3 Å². The van der Waals surface area contributed by atoms with E-state index in [1.165, 1.54) is 0 Å². The summed E-state index contributed by atoms with van der Waals surface area (Å²) >= 11 is 6.26. The standard InChI is InChI=1S/C21H28ClN3O2/c1-21(2,3)27-20(26)25-11-8-15(9-12-25)13-23-14-16-6-7-18(22)17-5-4-10-24-19(16)17/h4-7,10,15,23H,8-9,11-14H2,1-3H3. The Bertz CT molecular complexity index is 796. The second-order valence-corrected chi connectivity index (χ2v) is 8.55. The fourth-order valence-corrected chi connectivity index (χ4v) is 3.61. The second kappa shape index (κ2) is 8.44. The molecule has 1 aliphatic heterocycles. The van der Waals surface area contributed by atoms with Crippen LogP contribution in [0.3, 0.4) is 0 Å². The first kappa shape index (κ1) is 19.9. The highest BCUT2D eigenvalue weighted by atomic mass is 35.5. The molecule has 3 rings (SSSR count). The number of hydrogen-bond acceptors (Lipinski definition) is 4. The van der Waals surface area contributed by atoms with E-state index in [1.54, 1.807) is 6.20 Å². The van der Waals surface area contributed by atoms with Crippen LogP contribution >= 0.6 is 11.6 Å². The number of benzene rings is 1. The summed E-state index contributed by atoms with van der Waals surface area (Å²) in [7, 11) is 0. The maximum atomic E-state index is 12.1. The molecule has 6 heteroatoms. The molecular weight excluding hydrogens is 362 g/mol. The smallest absolute Gasteiger partial charge is 0.410 e. The summed E-state index contributed by atoms with van der Waals surface area (Å²) in [5, 5.41) is 5.27. The van der Waals surface area contributed by atoms with Crippen LogP contribution in [-0.4, -0.2) is 41.2 Å². The summed E-state index contributed by atoms with van der Waals surface area (Å²) < 4.78 is 5.46. The molecule has 1 amide bonds. The van der Waals surface area contributed by atoms with Gasteiger partial charge in [0.1, 0.15) is 5.60 Å².